The molecule has 2 aliphatic rings. The Labute approximate surface area is 118 Å². The van der Waals surface area contributed by atoms with Crippen LogP contribution in [0.2, 0.25) is 0 Å². The van der Waals surface area contributed by atoms with Crippen molar-refractivity contribution in [3.8, 4) is 0 Å². The summed E-state index contributed by atoms with van der Waals surface area (Å²) in [6.45, 7) is 5.90. The third-order valence-electron chi connectivity index (χ3n) is 4.67. The second-order valence-corrected chi connectivity index (χ2v) is 6.95. The summed E-state index contributed by atoms with van der Waals surface area (Å²) in [7, 11) is 4.36. The van der Waals surface area contributed by atoms with Gasteiger partial charge in [0.05, 0.1) is 6.61 Å². The molecule has 1 aliphatic heterocycles. The zero-order valence-electron chi connectivity index (χ0n) is 12.9. The van der Waals surface area contributed by atoms with Gasteiger partial charge in [0.25, 0.3) is 0 Å². The first kappa shape index (κ1) is 15.2. The van der Waals surface area contributed by atoms with E-state index in [1.165, 1.54) is 38.8 Å². The van der Waals surface area contributed by atoms with E-state index in [1.54, 1.807) is 0 Å². The van der Waals surface area contributed by atoms with Crippen molar-refractivity contribution in [3.63, 3.8) is 0 Å². The monoisotopic (exact) mass is 269 g/mol. The summed E-state index contributed by atoms with van der Waals surface area (Å²) in [5.41, 5.74) is -0.0910. The van der Waals surface area contributed by atoms with Crippen molar-refractivity contribution in [1.29, 1.82) is 0 Å². The van der Waals surface area contributed by atoms with Crippen molar-refractivity contribution in [2.45, 2.75) is 56.7 Å². The van der Waals surface area contributed by atoms with Crippen LogP contribution in [0.4, 0.5) is 0 Å². The Bertz CT molecular complexity index is 281. The van der Waals surface area contributed by atoms with Crippen LogP contribution in [0.1, 0.15) is 39.0 Å². The van der Waals surface area contributed by atoms with Gasteiger partial charge in [-0.25, -0.2) is 0 Å². The maximum absolute atomic E-state index is 9.64. The third-order valence-corrected chi connectivity index (χ3v) is 4.67. The molecule has 2 unspecified atom stereocenters. The van der Waals surface area contributed by atoms with Crippen LogP contribution in [0.3, 0.4) is 0 Å². The van der Waals surface area contributed by atoms with Gasteiger partial charge in [-0.15, -0.1) is 0 Å². The second kappa shape index (κ2) is 6.53. The smallest absolute Gasteiger partial charge is 0.0611 e. The van der Waals surface area contributed by atoms with Gasteiger partial charge in [0.15, 0.2) is 0 Å². The number of rotatable bonds is 7. The molecule has 0 radical (unpaired) electrons. The van der Waals surface area contributed by atoms with E-state index in [0.717, 1.165) is 13.0 Å². The van der Waals surface area contributed by atoms with Crippen LogP contribution < -0.4 is 5.32 Å². The van der Waals surface area contributed by atoms with Crippen LogP contribution in [0.25, 0.3) is 0 Å². The van der Waals surface area contributed by atoms with Crippen LogP contribution in [0, 0.1) is 0 Å². The molecule has 0 bridgehead atoms. The standard InChI is InChI=1S/C15H31N3O/c1-15(12-19,16-13-6-7-13)8-10-18-9-4-5-14(11-18)17(2)3/h13-14,16,19H,4-12H2,1-3H3. The van der Waals surface area contributed by atoms with Gasteiger partial charge < -0.3 is 20.2 Å². The number of piperidine rings is 1. The second-order valence-electron chi connectivity index (χ2n) is 6.95. The lowest BCUT2D eigenvalue weighted by Crippen LogP contribution is -2.51. The van der Waals surface area contributed by atoms with Crippen molar-refractivity contribution in [3.05, 3.63) is 0 Å². The first-order chi connectivity index (χ1) is 9.02. The molecule has 0 aromatic heterocycles. The summed E-state index contributed by atoms with van der Waals surface area (Å²) >= 11 is 0. The van der Waals surface area contributed by atoms with Gasteiger partial charge in [0.1, 0.15) is 0 Å². The average Bonchev–Trinajstić information content (AvgIpc) is 3.20. The molecule has 19 heavy (non-hydrogen) atoms. The predicted octanol–water partition coefficient (Wildman–Crippen LogP) is 0.906. The van der Waals surface area contributed by atoms with Crippen LogP contribution in [-0.4, -0.2) is 72.9 Å². The molecular weight excluding hydrogens is 238 g/mol. The van der Waals surface area contributed by atoms with Gasteiger partial charge in [0.2, 0.25) is 0 Å². The highest BCUT2D eigenvalue weighted by Crippen LogP contribution is 2.24. The minimum Gasteiger partial charge on any atom is -0.394 e. The normalized spacial score (nSPS) is 28.6. The highest BCUT2D eigenvalue weighted by atomic mass is 16.3. The molecule has 0 aromatic rings. The number of hydrogen-bond donors (Lipinski definition) is 2. The van der Waals surface area contributed by atoms with Crippen molar-refractivity contribution in [1.82, 2.24) is 15.1 Å². The van der Waals surface area contributed by atoms with E-state index in [1.807, 2.05) is 0 Å². The molecule has 1 aliphatic carbocycles. The summed E-state index contributed by atoms with van der Waals surface area (Å²) in [4.78, 5) is 4.91. The van der Waals surface area contributed by atoms with E-state index in [4.69, 9.17) is 0 Å². The fourth-order valence-electron chi connectivity index (χ4n) is 2.98. The molecule has 0 spiro atoms. The Balaban J connectivity index is 1.76. The zero-order chi connectivity index (χ0) is 13.9. The fourth-order valence-corrected chi connectivity index (χ4v) is 2.98. The molecule has 0 aromatic carbocycles. The summed E-state index contributed by atoms with van der Waals surface area (Å²) < 4.78 is 0. The number of likely N-dealkylation sites (tertiary alicyclic amines) is 1. The van der Waals surface area contributed by atoms with Crippen LogP contribution in [0.15, 0.2) is 0 Å². The maximum atomic E-state index is 9.64. The molecular formula is C15H31N3O. The van der Waals surface area contributed by atoms with Crippen molar-refractivity contribution >= 4 is 0 Å². The first-order valence-electron chi connectivity index (χ1n) is 7.80. The molecule has 4 nitrogen and oxygen atoms in total. The largest absolute Gasteiger partial charge is 0.394 e. The molecule has 2 fully saturated rings. The van der Waals surface area contributed by atoms with Crippen molar-refractivity contribution in [2.24, 2.45) is 0 Å². The van der Waals surface area contributed by atoms with E-state index in [2.05, 4.69) is 36.1 Å². The number of aliphatic hydroxyl groups excluding tert-OH is 1. The van der Waals surface area contributed by atoms with E-state index in [9.17, 15) is 5.11 Å². The Morgan fingerprint density at radius 3 is 2.63 bits per heavy atom. The topological polar surface area (TPSA) is 38.7 Å². The highest BCUT2D eigenvalue weighted by molar-refractivity contribution is 4.93. The number of nitrogens with zero attached hydrogens (tertiary/aromatic N) is 2. The number of nitrogens with one attached hydrogen (secondary N) is 1. The molecule has 1 heterocycles. The minimum absolute atomic E-state index is 0.0910. The Morgan fingerprint density at radius 1 is 1.32 bits per heavy atom. The third kappa shape index (κ3) is 4.71. The minimum atomic E-state index is -0.0910. The number of likely N-dealkylation sites (N-methyl/N-ethyl adjacent to an activating group) is 1. The predicted molar refractivity (Wildman–Crippen MR) is 79.4 cm³/mol. The Kier molecular flexibility index (Phi) is 5.23. The summed E-state index contributed by atoms with van der Waals surface area (Å²) in [5, 5.41) is 13.2. The fraction of sp³-hybridized carbons (Fsp3) is 1.00. The molecule has 2 N–H and O–H groups in total. The number of aliphatic hydroxyl groups is 1. The van der Waals surface area contributed by atoms with Gasteiger partial charge >= 0.3 is 0 Å². The summed E-state index contributed by atoms with van der Waals surface area (Å²) in [5.74, 6) is 0. The summed E-state index contributed by atoms with van der Waals surface area (Å²) in [6.07, 6.45) is 6.22. The zero-order valence-corrected chi connectivity index (χ0v) is 12.9. The van der Waals surface area contributed by atoms with Crippen LogP contribution in [-0.2, 0) is 0 Å². The van der Waals surface area contributed by atoms with Gasteiger partial charge in [-0.3, -0.25) is 0 Å². The van der Waals surface area contributed by atoms with E-state index in [0.29, 0.717) is 12.1 Å². The van der Waals surface area contributed by atoms with Crippen molar-refractivity contribution < 1.29 is 5.11 Å². The molecule has 4 heteroatoms. The lowest BCUT2D eigenvalue weighted by atomic mass is 9.97. The molecule has 2 rings (SSSR count). The van der Waals surface area contributed by atoms with Gasteiger partial charge in [-0.05, 0) is 59.7 Å². The quantitative estimate of drug-likeness (QED) is 0.720. The Hall–Kier alpha value is -0.160. The molecule has 0 amide bonds. The van der Waals surface area contributed by atoms with Crippen LogP contribution >= 0.6 is 0 Å². The first-order valence-corrected chi connectivity index (χ1v) is 7.80. The van der Waals surface area contributed by atoms with E-state index < -0.39 is 0 Å². The van der Waals surface area contributed by atoms with Crippen molar-refractivity contribution in [2.75, 3.05) is 40.3 Å². The number of hydrogen-bond acceptors (Lipinski definition) is 4. The van der Waals surface area contributed by atoms with Gasteiger partial charge in [-0.1, -0.05) is 0 Å². The summed E-state index contributed by atoms with van der Waals surface area (Å²) in [6, 6.07) is 1.36. The van der Waals surface area contributed by atoms with E-state index >= 15 is 0 Å². The lowest BCUT2D eigenvalue weighted by molar-refractivity contribution is 0.105. The lowest BCUT2D eigenvalue weighted by Gasteiger charge is -2.38. The SMILES string of the molecule is CN(C)C1CCCN(CCC(C)(CO)NC2CC2)C1. The highest BCUT2D eigenvalue weighted by Gasteiger charge is 2.32. The molecule has 112 valence electrons. The molecule has 2 atom stereocenters. The molecule has 1 saturated carbocycles. The average molecular weight is 269 g/mol. The molecule has 1 saturated heterocycles. The van der Waals surface area contributed by atoms with E-state index in [-0.39, 0.29) is 12.1 Å². The van der Waals surface area contributed by atoms with Crippen LogP contribution in [0.5, 0.6) is 0 Å². The van der Waals surface area contributed by atoms with Gasteiger partial charge in [0, 0.05) is 30.7 Å². The van der Waals surface area contributed by atoms with Gasteiger partial charge in [-0.2, -0.15) is 0 Å². The Morgan fingerprint density at radius 2 is 2.05 bits per heavy atom. The maximum Gasteiger partial charge on any atom is 0.0611 e.